The van der Waals surface area contributed by atoms with Crippen LogP contribution in [0, 0.1) is 0 Å². The molecule has 5 nitrogen and oxygen atoms in total. The molecule has 3 aromatic heterocycles. The minimum Gasteiger partial charge on any atom is -0.309 e. The van der Waals surface area contributed by atoms with Gasteiger partial charge < -0.3 is 9.13 Å². The third-order valence-corrected chi connectivity index (χ3v) is 9.59. The van der Waals surface area contributed by atoms with Crippen LogP contribution in [-0.2, 0) is 0 Å². The van der Waals surface area contributed by atoms with Crippen molar-refractivity contribution in [1.82, 2.24) is 24.1 Å². The first kappa shape index (κ1) is 27.4. The fraction of sp³-hybridized carbons (Fsp3) is 0. The molecule has 230 valence electrons. The first-order valence-electron chi connectivity index (χ1n) is 16.5. The summed E-state index contributed by atoms with van der Waals surface area (Å²) >= 11 is 0. The lowest BCUT2D eigenvalue weighted by atomic mass is 10.0. The third-order valence-electron chi connectivity index (χ3n) is 9.59. The molecule has 7 aromatic carbocycles. The van der Waals surface area contributed by atoms with Crippen molar-refractivity contribution in [3.05, 3.63) is 176 Å². The van der Waals surface area contributed by atoms with E-state index in [0.29, 0.717) is 0 Å². The highest BCUT2D eigenvalue weighted by molar-refractivity contribution is 6.11. The zero-order valence-corrected chi connectivity index (χ0v) is 26.5. The smallest absolute Gasteiger partial charge is 0.121 e. The van der Waals surface area contributed by atoms with E-state index >= 15 is 0 Å². The van der Waals surface area contributed by atoms with E-state index in [1.165, 1.54) is 32.6 Å². The minimum absolute atomic E-state index is 0.853. The van der Waals surface area contributed by atoms with Gasteiger partial charge in [0.2, 0.25) is 0 Å². The van der Waals surface area contributed by atoms with Gasteiger partial charge >= 0.3 is 0 Å². The van der Waals surface area contributed by atoms with E-state index in [-0.39, 0.29) is 0 Å². The van der Waals surface area contributed by atoms with Crippen molar-refractivity contribution in [2.24, 2.45) is 0 Å². The molecule has 3 heterocycles. The lowest BCUT2D eigenvalue weighted by Gasteiger charge is -2.13. The Morgan fingerprint density at radius 1 is 0.347 bits per heavy atom. The number of fused-ring (bicyclic) bond motifs is 6. The summed E-state index contributed by atoms with van der Waals surface area (Å²) in [5.41, 5.74) is 11.8. The fourth-order valence-electron chi connectivity index (χ4n) is 7.45. The zero-order chi connectivity index (χ0) is 32.3. The van der Waals surface area contributed by atoms with Crippen LogP contribution >= 0.6 is 0 Å². The summed E-state index contributed by atoms with van der Waals surface area (Å²) in [6.45, 7) is 0. The second kappa shape index (κ2) is 10.9. The number of para-hydroxylation sites is 4. The third kappa shape index (κ3) is 4.26. The van der Waals surface area contributed by atoms with E-state index in [0.717, 1.165) is 50.6 Å². The van der Waals surface area contributed by atoms with Gasteiger partial charge in [0.1, 0.15) is 11.4 Å². The van der Waals surface area contributed by atoms with Crippen molar-refractivity contribution in [3.63, 3.8) is 0 Å². The summed E-state index contributed by atoms with van der Waals surface area (Å²) < 4.78 is 6.72. The monoisotopic (exact) mass is 627 g/mol. The molecule has 10 rings (SSSR count). The molecular formula is C44H29N5. The van der Waals surface area contributed by atoms with Crippen molar-refractivity contribution in [2.45, 2.75) is 0 Å². The molecule has 0 aliphatic rings. The van der Waals surface area contributed by atoms with Crippen molar-refractivity contribution in [1.29, 1.82) is 0 Å². The van der Waals surface area contributed by atoms with Crippen molar-refractivity contribution in [2.75, 3.05) is 0 Å². The van der Waals surface area contributed by atoms with Crippen molar-refractivity contribution < 1.29 is 0 Å². The number of rotatable bonds is 5. The molecule has 0 radical (unpaired) electrons. The Morgan fingerprint density at radius 3 is 1.45 bits per heavy atom. The molecule has 0 saturated heterocycles. The average Bonchev–Trinajstić information content (AvgIpc) is 3.86. The van der Waals surface area contributed by atoms with Crippen LogP contribution in [0.15, 0.2) is 176 Å². The lowest BCUT2D eigenvalue weighted by molar-refractivity contribution is 0.809. The van der Waals surface area contributed by atoms with Gasteiger partial charge in [0.15, 0.2) is 0 Å². The fourth-order valence-corrected chi connectivity index (χ4v) is 7.45. The highest BCUT2D eigenvalue weighted by Crippen LogP contribution is 2.39. The normalized spacial score (nSPS) is 11.7. The quantitative estimate of drug-likeness (QED) is 0.190. The maximum atomic E-state index is 4.72. The predicted molar refractivity (Wildman–Crippen MR) is 201 cm³/mol. The highest BCUT2D eigenvalue weighted by Gasteiger charge is 2.21. The molecule has 5 heteroatoms. The Bertz CT molecular complexity index is 2710. The largest absolute Gasteiger partial charge is 0.309 e. The number of hydrogen-bond acceptors (Lipinski definition) is 2. The minimum atomic E-state index is 0.853. The van der Waals surface area contributed by atoms with Gasteiger partial charge in [-0.2, -0.15) is 0 Å². The van der Waals surface area contributed by atoms with Crippen LogP contribution in [-0.4, -0.2) is 24.1 Å². The first-order valence-corrected chi connectivity index (χ1v) is 16.5. The van der Waals surface area contributed by atoms with Crippen LogP contribution in [0.2, 0.25) is 0 Å². The Kier molecular flexibility index (Phi) is 6.11. The SMILES string of the molecule is c1ccc(-c2nnn(-c3ccccc3)c2-c2ccc3c(c2)c2ccccc2n3-c2cccc(-n3c4ccccc4c4ccccc43)c2)cc1. The summed E-state index contributed by atoms with van der Waals surface area (Å²) in [6, 6.07) is 62.2. The molecule has 0 N–H and O–H groups in total. The van der Waals surface area contributed by atoms with Gasteiger partial charge in [-0.25, -0.2) is 4.68 Å². The Hall–Kier alpha value is -6.72. The number of nitrogens with zero attached hydrogens (tertiary/aromatic N) is 5. The molecule has 0 unspecified atom stereocenters. The molecule has 0 saturated carbocycles. The van der Waals surface area contributed by atoms with Gasteiger partial charge in [-0.15, -0.1) is 5.10 Å². The Labute approximate surface area is 282 Å². The van der Waals surface area contributed by atoms with Crippen LogP contribution in [0.1, 0.15) is 0 Å². The standard InChI is InChI=1S/C44H29N5/c1-3-14-30(15-4-1)43-44(49(46-45-43)32-16-5-2-6-17-32)31-26-27-42-38(28-31)37-22-9-12-25-41(37)48(42)34-19-13-18-33(29-34)47-39-23-10-7-20-35(39)36-21-8-11-24-40(36)47/h1-29H. The highest BCUT2D eigenvalue weighted by atomic mass is 15.4. The summed E-state index contributed by atoms with van der Waals surface area (Å²) in [7, 11) is 0. The number of benzene rings is 7. The molecule has 0 atom stereocenters. The maximum absolute atomic E-state index is 4.72. The summed E-state index contributed by atoms with van der Waals surface area (Å²) in [6.07, 6.45) is 0. The molecule has 10 aromatic rings. The summed E-state index contributed by atoms with van der Waals surface area (Å²) in [4.78, 5) is 0. The molecule has 0 amide bonds. The number of aromatic nitrogens is 5. The van der Waals surface area contributed by atoms with Crippen LogP contribution in [0.4, 0.5) is 0 Å². The van der Waals surface area contributed by atoms with E-state index in [9.17, 15) is 0 Å². The second-order valence-electron chi connectivity index (χ2n) is 12.4. The van der Waals surface area contributed by atoms with Crippen molar-refractivity contribution >= 4 is 43.6 Å². The number of hydrogen-bond donors (Lipinski definition) is 0. The van der Waals surface area contributed by atoms with Gasteiger partial charge in [0, 0.05) is 44.0 Å². The van der Waals surface area contributed by atoms with Crippen LogP contribution < -0.4 is 0 Å². The Balaban J connectivity index is 1.19. The predicted octanol–water partition coefficient (Wildman–Crippen LogP) is 10.8. The second-order valence-corrected chi connectivity index (χ2v) is 12.4. The lowest BCUT2D eigenvalue weighted by Crippen LogP contribution is -2.00. The molecule has 49 heavy (non-hydrogen) atoms. The van der Waals surface area contributed by atoms with Gasteiger partial charge in [-0.1, -0.05) is 120 Å². The van der Waals surface area contributed by atoms with Gasteiger partial charge in [-0.3, -0.25) is 0 Å². The molecule has 0 spiro atoms. The molecule has 0 aliphatic carbocycles. The molecule has 0 aliphatic heterocycles. The molecule has 0 fully saturated rings. The summed E-state index contributed by atoms with van der Waals surface area (Å²) in [5, 5.41) is 14.3. The van der Waals surface area contributed by atoms with Gasteiger partial charge in [-0.05, 0) is 60.7 Å². The average molecular weight is 628 g/mol. The zero-order valence-electron chi connectivity index (χ0n) is 26.5. The maximum Gasteiger partial charge on any atom is 0.121 e. The van der Waals surface area contributed by atoms with Gasteiger partial charge in [0.25, 0.3) is 0 Å². The van der Waals surface area contributed by atoms with E-state index in [1.807, 2.05) is 41.1 Å². The van der Waals surface area contributed by atoms with Gasteiger partial charge in [0.05, 0.1) is 27.8 Å². The van der Waals surface area contributed by atoms with E-state index in [1.54, 1.807) is 0 Å². The van der Waals surface area contributed by atoms with Crippen LogP contribution in [0.3, 0.4) is 0 Å². The molecule has 0 bridgehead atoms. The van der Waals surface area contributed by atoms with Crippen LogP contribution in [0.25, 0.3) is 83.2 Å². The first-order chi connectivity index (χ1) is 24.3. The topological polar surface area (TPSA) is 40.6 Å². The molecular weight excluding hydrogens is 599 g/mol. The Morgan fingerprint density at radius 2 is 0.837 bits per heavy atom. The summed E-state index contributed by atoms with van der Waals surface area (Å²) in [5.74, 6) is 0. The van der Waals surface area contributed by atoms with Crippen molar-refractivity contribution in [3.8, 4) is 39.6 Å². The van der Waals surface area contributed by atoms with Crippen LogP contribution in [0.5, 0.6) is 0 Å². The van der Waals surface area contributed by atoms with E-state index in [2.05, 4.69) is 154 Å². The van der Waals surface area contributed by atoms with E-state index < -0.39 is 0 Å². The van der Waals surface area contributed by atoms with E-state index in [4.69, 9.17) is 5.10 Å².